The number of benzene rings is 1. The summed E-state index contributed by atoms with van der Waals surface area (Å²) in [5, 5.41) is 7.20. The Kier molecular flexibility index (Phi) is 3.44. The van der Waals surface area contributed by atoms with Crippen LogP contribution in [0.25, 0.3) is 0 Å². The second kappa shape index (κ2) is 5.01. The highest BCUT2D eigenvalue weighted by molar-refractivity contribution is 7.80. The smallest absolute Gasteiger partial charge is 0.175 e. The van der Waals surface area contributed by atoms with Crippen LogP contribution in [0.1, 0.15) is 0 Å². The Hall–Kier alpha value is -1.52. The van der Waals surface area contributed by atoms with Crippen LogP contribution in [0.4, 0.5) is 11.4 Å². The van der Waals surface area contributed by atoms with Gasteiger partial charge in [-0.2, -0.15) is 0 Å². The molecule has 5 heteroatoms. The minimum atomic E-state index is 0.507. The Balaban J connectivity index is 2.00. The number of H-pyrrole nitrogens is 1. The minimum Gasteiger partial charge on any atom is -0.366 e. The van der Waals surface area contributed by atoms with E-state index in [1.165, 1.54) is 0 Å². The van der Waals surface area contributed by atoms with E-state index >= 15 is 0 Å². The number of nitrogens with one attached hydrogen (secondary N) is 3. The van der Waals surface area contributed by atoms with Gasteiger partial charge in [0.1, 0.15) is 0 Å². The van der Waals surface area contributed by atoms with E-state index < -0.39 is 0 Å². The van der Waals surface area contributed by atoms with E-state index in [0.29, 0.717) is 10.1 Å². The van der Waals surface area contributed by atoms with Gasteiger partial charge in [0, 0.05) is 12.4 Å². The number of hydrogen-bond donors (Lipinski definition) is 3. The Labute approximate surface area is 104 Å². The van der Waals surface area contributed by atoms with Crippen LogP contribution in [0.15, 0.2) is 42.7 Å². The number of aromatic nitrogens is 1. The van der Waals surface area contributed by atoms with E-state index in [1.807, 2.05) is 42.7 Å². The van der Waals surface area contributed by atoms with Crippen molar-refractivity contribution in [3.63, 3.8) is 0 Å². The van der Waals surface area contributed by atoms with Crippen LogP contribution in [0.3, 0.4) is 0 Å². The second-order valence-corrected chi connectivity index (χ2v) is 3.97. The number of aromatic amines is 1. The first kappa shape index (κ1) is 11.0. The lowest BCUT2D eigenvalue weighted by Crippen LogP contribution is -2.18. The largest absolute Gasteiger partial charge is 0.366 e. The highest BCUT2D eigenvalue weighted by Crippen LogP contribution is 2.20. The molecule has 3 nitrogen and oxygen atoms in total. The Bertz CT molecular complexity index is 482. The zero-order chi connectivity index (χ0) is 11.4. The molecule has 0 saturated carbocycles. The molecular formula is C11H10ClN3S. The predicted molar refractivity (Wildman–Crippen MR) is 72.1 cm³/mol. The van der Waals surface area contributed by atoms with Crippen LogP contribution < -0.4 is 10.6 Å². The molecule has 0 spiro atoms. The van der Waals surface area contributed by atoms with Crippen LogP contribution in [0.5, 0.6) is 0 Å². The van der Waals surface area contributed by atoms with Crippen molar-refractivity contribution in [2.45, 2.75) is 0 Å². The summed E-state index contributed by atoms with van der Waals surface area (Å²) in [7, 11) is 0. The zero-order valence-electron chi connectivity index (χ0n) is 8.33. The summed E-state index contributed by atoms with van der Waals surface area (Å²) in [5.41, 5.74) is 1.70. The lowest BCUT2D eigenvalue weighted by atomic mass is 10.3. The minimum absolute atomic E-state index is 0.507. The summed E-state index contributed by atoms with van der Waals surface area (Å²) in [5.74, 6) is 0. The highest BCUT2D eigenvalue weighted by Gasteiger charge is 2.01. The number of rotatable bonds is 2. The maximum atomic E-state index is 5.99. The lowest BCUT2D eigenvalue weighted by Gasteiger charge is -2.10. The van der Waals surface area contributed by atoms with E-state index in [2.05, 4.69) is 15.6 Å². The van der Waals surface area contributed by atoms with E-state index in [4.69, 9.17) is 23.8 Å². The van der Waals surface area contributed by atoms with Gasteiger partial charge in [-0.3, -0.25) is 0 Å². The maximum Gasteiger partial charge on any atom is 0.175 e. The summed E-state index contributed by atoms with van der Waals surface area (Å²) in [6.45, 7) is 0. The van der Waals surface area contributed by atoms with Crippen molar-refractivity contribution in [2.75, 3.05) is 10.6 Å². The first-order valence-corrected chi connectivity index (χ1v) is 5.49. The molecule has 0 saturated heterocycles. The molecule has 0 fully saturated rings. The molecule has 1 aromatic heterocycles. The number of hydrogen-bond acceptors (Lipinski definition) is 1. The van der Waals surface area contributed by atoms with Crippen molar-refractivity contribution in [1.29, 1.82) is 0 Å². The van der Waals surface area contributed by atoms with Gasteiger partial charge in [-0.05, 0) is 30.4 Å². The molecule has 0 bridgehead atoms. The molecule has 1 aromatic carbocycles. The number of para-hydroxylation sites is 1. The van der Waals surface area contributed by atoms with Crippen LogP contribution in [-0.2, 0) is 0 Å². The molecule has 16 heavy (non-hydrogen) atoms. The first-order chi connectivity index (χ1) is 7.75. The van der Waals surface area contributed by atoms with Crippen molar-refractivity contribution < 1.29 is 0 Å². The normalized spacial score (nSPS) is 9.81. The molecular weight excluding hydrogens is 242 g/mol. The van der Waals surface area contributed by atoms with Gasteiger partial charge >= 0.3 is 0 Å². The van der Waals surface area contributed by atoms with E-state index in [0.717, 1.165) is 11.4 Å². The average Bonchev–Trinajstić information content (AvgIpc) is 2.74. The Morgan fingerprint density at radius 2 is 2.00 bits per heavy atom. The third-order valence-electron chi connectivity index (χ3n) is 1.98. The Morgan fingerprint density at radius 1 is 1.19 bits per heavy atom. The molecule has 3 N–H and O–H groups in total. The molecule has 1 heterocycles. The number of thiocarbonyl (C=S) groups is 1. The third kappa shape index (κ3) is 2.74. The highest BCUT2D eigenvalue weighted by atomic mass is 35.5. The molecule has 0 amide bonds. The average molecular weight is 252 g/mol. The van der Waals surface area contributed by atoms with Crippen LogP contribution in [0, 0.1) is 0 Å². The topological polar surface area (TPSA) is 39.9 Å². The zero-order valence-corrected chi connectivity index (χ0v) is 9.90. The third-order valence-corrected chi connectivity index (χ3v) is 2.51. The number of anilines is 2. The van der Waals surface area contributed by atoms with Gasteiger partial charge in [0.2, 0.25) is 0 Å². The van der Waals surface area contributed by atoms with Crippen molar-refractivity contribution in [1.82, 2.24) is 4.98 Å². The summed E-state index contributed by atoms with van der Waals surface area (Å²) in [4.78, 5) is 2.93. The van der Waals surface area contributed by atoms with Crippen molar-refractivity contribution in [2.24, 2.45) is 0 Å². The molecule has 0 atom stereocenters. The van der Waals surface area contributed by atoms with Gasteiger partial charge in [0.25, 0.3) is 0 Å². The molecule has 2 rings (SSSR count). The van der Waals surface area contributed by atoms with Gasteiger partial charge in [-0.15, -0.1) is 0 Å². The summed E-state index contributed by atoms with van der Waals surface area (Å²) in [6.07, 6.45) is 3.64. The number of halogens is 1. The molecule has 0 aliphatic rings. The molecule has 0 unspecified atom stereocenters. The lowest BCUT2D eigenvalue weighted by molar-refractivity contribution is 1.41. The van der Waals surface area contributed by atoms with Crippen LogP contribution >= 0.6 is 23.8 Å². The molecule has 2 aromatic rings. The monoisotopic (exact) mass is 251 g/mol. The van der Waals surface area contributed by atoms with Crippen molar-refractivity contribution in [3.05, 3.63) is 47.7 Å². The fourth-order valence-electron chi connectivity index (χ4n) is 1.25. The maximum absolute atomic E-state index is 5.99. The van der Waals surface area contributed by atoms with E-state index in [-0.39, 0.29) is 0 Å². The van der Waals surface area contributed by atoms with E-state index in [9.17, 15) is 0 Å². The van der Waals surface area contributed by atoms with E-state index in [1.54, 1.807) is 0 Å². The van der Waals surface area contributed by atoms with Gasteiger partial charge < -0.3 is 15.6 Å². The molecule has 0 radical (unpaired) electrons. The van der Waals surface area contributed by atoms with Gasteiger partial charge in [0.05, 0.1) is 16.4 Å². The van der Waals surface area contributed by atoms with Crippen molar-refractivity contribution in [3.8, 4) is 0 Å². The molecule has 82 valence electrons. The van der Waals surface area contributed by atoms with Gasteiger partial charge in [-0.1, -0.05) is 23.7 Å². The SMILES string of the molecule is S=C(Nc1cc[nH]c1)Nc1ccccc1Cl. The van der Waals surface area contributed by atoms with Gasteiger partial charge in [-0.25, -0.2) is 0 Å². The Morgan fingerprint density at radius 3 is 2.69 bits per heavy atom. The standard InChI is InChI=1S/C11H10ClN3S/c12-9-3-1-2-4-10(9)15-11(16)14-8-5-6-13-7-8/h1-7,13H,(H2,14,15,16). The summed E-state index contributed by atoms with van der Waals surface area (Å²) < 4.78 is 0. The molecule has 0 aliphatic carbocycles. The predicted octanol–water partition coefficient (Wildman–Crippen LogP) is 3.48. The fourth-order valence-corrected chi connectivity index (χ4v) is 1.66. The summed E-state index contributed by atoms with van der Waals surface area (Å²) in [6, 6.07) is 9.33. The second-order valence-electron chi connectivity index (χ2n) is 3.16. The quantitative estimate of drug-likeness (QED) is 0.716. The molecule has 0 aliphatic heterocycles. The van der Waals surface area contributed by atoms with Gasteiger partial charge in [0.15, 0.2) is 5.11 Å². The van der Waals surface area contributed by atoms with Crippen molar-refractivity contribution >= 4 is 40.3 Å². The fraction of sp³-hybridized carbons (Fsp3) is 0. The first-order valence-electron chi connectivity index (χ1n) is 4.71. The van der Waals surface area contributed by atoms with Crippen LogP contribution in [-0.4, -0.2) is 10.1 Å². The summed E-state index contributed by atoms with van der Waals surface area (Å²) >= 11 is 11.1. The van der Waals surface area contributed by atoms with Crippen LogP contribution in [0.2, 0.25) is 5.02 Å².